The lowest BCUT2D eigenvalue weighted by molar-refractivity contribution is -0.140. The molecule has 7 heteroatoms. The molecule has 1 aromatic carbocycles. The molecule has 0 saturated heterocycles. The molecule has 1 amide bonds. The van der Waals surface area contributed by atoms with Gasteiger partial charge in [0, 0.05) is 13.1 Å². The van der Waals surface area contributed by atoms with E-state index < -0.39 is 17.8 Å². The van der Waals surface area contributed by atoms with Crippen LogP contribution in [0.15, 0.2) is 36.4 Å². The Hall–Kier alpha value is -2.28. The van der Waals surface area contributed by atoms with Crippen molar-refractivity contribution in [3.05, 3.63) is 58.9 Å². The second kappa shape index (κ2) is 6.87. The Morgan fingerprint density at radius 1 is 1.17 bits per heavy atom. The van der Waals surface area contributed by atoms with E-state index in [2.05, 4.69) is 4.98 Å². The summed E-state index contributed by atoms with van der Waals surface area (Å²) in [5.41, 5.74) is 0.769. The van der Waals surface area contributed by atoms with Gasteiger partial charge in [-0.3, -0.25) is 4.79 Å². The number of halogens is 3. The van der Waals surface area contributed by atoms with Crippen molar-refractivity contribution >= 4 is 5.91 Å². The third-order valence-corrected chi connectivity index (χ3v) is 3.37. The molecule has 0 aliphatic heterocycles. The number of carbonyl (C=O) groups excluding carboxylic acids is 1. The van der Waals surface area contributed by atoms with E-state index in [0.29, 0.717) is 0 Å². The first-order chi connectivity index (χ1) is 10.8. The zero-order chi connectivity index (χ0) is 17.0. The molecule has 1 aromatic heterocycles. The Kier molecular flexibility index (Phi) is 5.10. The average Bonchev–Trinajstić information content (AvgIpc) is 2.98. The predicted molar refractivity (Wildman–Crippen MR) is 78.8 cm³/mol. The zero-order valence-electron chi connectivity index (χ0n) is 12.5. The highest BCUT2D eigenvalue weighted by Crippen LogP contribution is 2.28. The highest BCUT2D eigenvalue weighted by molar-refractivity contribution is 5.92. The van der Waals surface area contributed by atoms with Gasteiger partial charge in [0.1, 0.15) is 11.4 Å². The molecule has 2 N–H and O–H groups in total. The Bertz CT molecular complexity index is 663. The number of benzene rings is 1. The fourth-order valence-electron chi connectivity index (χ4n) is 2.14. The van der Waals surface area contributed by atoms with E-state index >= 15 is 0 Å². The normalized spacial score (nSPS) is 11.5. The van der Waals surface area contributed by atoms with E-state index in [1.165, 1.54) is 4.90 Å². The topological polar surface area (TPSA) is 56.3 Å². The van der Waals surface area contributed by atoms with Gasteiger partial charge in [0.2, 0.25) is 0 Å². The van der Waals surface area contributed by atoms with Gasteiger partial charge < -0.3 is 15.0 Å². The molecule has 0 unspecified atom stereocenters. The Labute approximate surface area is 131 Å². The number of aliphatic hydroxyl groups excluding tert-OH is 1. The van der Waals surface area contributed by atoms with Crippen LogP contribution in [-0.4, -0.2) is 34.0 Å². The maximum atomic E-state index is 12.6. The number of aliphatic hydroxyl groups is 1. The van der Waals surface area contributed by atoms with Crippen LogP contribution in [0.25, 0.3) is 0 Å². The third kappa shape index (κ3) is 4.35. The van der Waals surface area contributed by atoms with Crippen LogP contribution in [0, 0.1) is 6.92 Å². The van der Waals surface area contributed by atoms with Gasteiger partial charge >= 0.3 is 6.18 Å². The lowest BCUT2D eigenvalue weighted by Crippen LogP contribution is -2.33. The molecule has 0 atom stereocenters. The van der Waals surface area contributed by atoms with Crippen molar-refractivity contribution in [3.8, 4) is 0 Å². The van der Waals surface area contributed by atoms with E-state index in [9.17, 15) is 18.0 Å². The van der Waals surface area contributed by atoms with Gasteiger partial charge in [-0.1, -0.05) is 29.8 Å². The number of nitrogens with one attached hydrogen (secondary N) is 1. The number of amides is 1. The van der Waals surface area contributed by atoms with Crippen LogP contribution >= 0.6 is 0 Å². The SMILES string of the molecule is Cc1ccc(CN(CCO)C(=O)c2ccc(C(F)(F)F)[nH]2)cc1. The molecule has 0 fully saturated rings. The second-order valence-corrected chi connectivity index (χ2v) is 5.22. The quantitative estimate of drug-likeness (QED) is 0.887. The molecule has 0 saturated carbocycles. The smallest absolute Gasteiger partial charge is 0.395 e. The summed E-state index contributed by atoms with van der Waals surface area (Å²) in [5.74, 6) is -0.588. The minimum atomic E-state index is -4.53. The first-order valence-corrected chi connectivity index (χ1v) is 7.03. The molecule has 2 aromatic rings. The number of H-pyrrole nitrogens is 1. The van der Waals surface area contributed by atoms with Crippen LogP contribution in [0.3, 0.4) is 0 Å². The van der Waals surface area contributed by atoms with Gasteiger partial charge in [0.05, 0.1) is 6.61 Å². The van der Waals surface area contributed by atoms with Gasteiger partial charge in [-0.2, -0.15) is 13.2 Å². The number of hydrogen-bond acceptors (Lipinski definition) is 2. The number of aromatic amines is 1. The minimum absolute atomic E-state index is 0.0348. The highest BCUT2D eigenvalue weighted by atomic mass is 19.4. The summed E-state index contributed by atoms with van der Waals surface area (Å²) in [5, 5.41) is 9.10. The number of carbonyl (C=O) groups is 1. The summed E-state index contributed by atoms with van der Waals surface area (Å²) in [6.07, 6.45) is -4.53. The average molecular weight is 326 g/mol. The number of aromatic nitrogens is 1. The predicted octanol–water partition coefficient (Wildman–Crippen LogP) is 2.98. The Morgan fingerprint density at radius 2 is 1.83 bits per heavy atom. The number of hydrogen-bond donors (Lipinski definition) is 2. The highest BCUT2D eigenvalue weighted by Gasteiger charge is 2.33. The van der Waals surface area contributed by atoms with Crippen molar-refractivity contribution in [2.45, 2.75) is 19.6 Å². The van der Waals surface area contributed by atoms with Gasteiger partial charge in [0.25, 0.3) is 5.91 Å². The van der Waals surface area contributed by atoms with Gasteiger partial charge in [-0.25, -0.2) is 0 Å². The molecule has 2 rings (SSSR count). The van der Waals surface area contributed by atoms with Crippen LogP contribution in [-0.2, 0) is 12.7 Å². The summed E-state index contributed by atoms with van der Waals surface area (Å²) >= 11 is 0. The van der Waals surface area contributed by atoms with Crippen molar-refractivity contribution in [3.63, 3.8) is 0 Å². The number of rotatable bonds is 5. The molecular formula is C16H17F3N2O2. The zero-order valence-corrected chi connectivity index (χ0v) is 12.5. The van der Waals surface area contributed by atoms with E-state index in [1.54, 1.807) is 0 Å². The standard InChI is InChI=1S/C16H17F3N2O2/c1-11-2-4-12(5-3-11)10-21(8-9-22)15(23)13-6-7-14(20-13)16(17,18)19/h2-7,20,22H,8-10H2,1H3. The summed E-state index contributed by atoms with van der Waals surface area (Å²) in [4.78, 5) is 15.8. The van der Waals surface area contributed by atoms with E-state index in [1.807, 2.05) is 31.2 Å². The first-order valence-electron chi connectivity index (χ1n) is 7.03. The van der Waals surface area contributed by atoms with Crippen molar-refractivity contribution in [2.24, 2.45) is 0 Å². The van der Waals surface area contributed by atoms with E-state index in [-0.39, 0.29) is 25.4 Å². The lowest BCUT2D eigenvalue weighted by Gasteiger charge is -2.21. The van der Waals surface area contributed by atoms with Crippen LogP contribution in [0.4, 0.5) is 13.2 Å². The molecule has 4 nitrogen and oxygen atoms in total. The summed E-state index contributed by atoms with van der Waals surface area (Å²) in [6.45, 7) is 1.90. The molecule has 0 aliphatic carbocycles. The maximum absolute atomic E-state index is 12.6. The molecule has 1 heterocycles. The monoisotopic (exact) mass is 326 g/mol. The fraction of sp³-hybridized carbons (Fsp3) is 0.312. The Balaban J connectivity index is 2.17. The van der Waals surface area contributed by atoms with Crippen LogP contribution in [0.5, 0.6) is 0 Å². The van der Waals surface area contributed by atoms with Crippen molar-refractivity contribution in [1.82, 2.24) is 9.88 Å². The first kappa shape index (κ1) is 17.1. The van der Waals surface area contributed by atoms with Crippen molar-refractivity contribution in [1.29, 1.82) is 0 Å². The van der Waals surface area contributed by atoms with Crippen LogP contribution in [0.2, 0.25) is 0 Å². The maximum Gasteiger partial charge on any atom is 0.431 e. The second-order valence-electron chi connectivity index (χ2n) is 5.22. The molecule has 23 heavy (non-hydrogen) atoms. The molecule has 0 bridgehead atoms. The van der Waals surface area contributed by atoms with Crippen molar-refractivity contribution < 1.29 is 23.1 Å². The molecule has 0 radical (unpaired) electrons. The summed E-state index contributed by atoms with van der Waals surface area (Å²) < 4.78 is 37.8. The van der Waals surface area contributed by atoms with Crippen LogP contribution < -0.4 is 0 Å². The molecular weight excluding hydrogens is 309 g/mol. The lowest BCUT2D eigenvalue weighted by atomic mass is 10.1. The molecule has 0 aliphatic rings. The summed E-state index contributed by atoms with van der Waals surface area (Å²) in [6, 6.07) is 9.37. The summed E-state index contributed by atoms with van der Waals surface area (Å²) in [7, 11) is 0. The van der Waals surface area contributed by atoms with E-state index in [4.69, 9.17) is 5.11 Å². The van der Waals surface area contributed by atoms with Gasteiger partial charge in [-0.15, -0.1) is 0 Å². The molecule has 124 valence electrons. The largest absolute Gasteiger partial charge is 0.431 e. The molecule has 0 spiro atoms. The number of aryl methyl sites for hydroxylation is 1. The number of alkyl halides is 3. The van der Waals surface area contributed by atoms with Gasteiger partial charge in [-0.05, 0) is 24.6 Å². The fourth-order valence-corrected chi connectivity index (χ4v) is 2.14. The van der Waals surface area contributed by atoms with Gasteiger partial charge in [0.15, 0.2) is 0 Å². The van der Waals surface area contributed by atoms with E-state index in [0.717, 1.165) is 23.3 Å². The van der Waals surface area contributed by atoms with Crippen molar-refractivity contribution in [2.75, 3.05) is 13.2 Å². The third-order valence-electron chi connectivity index (χ3n) is 3.37. The Morgan fingerprint density at radius 3 is 2.35 bits per heavy atom. The minimum Gasteiger partial charge on any atom is -0.395 e. The number of nitrogens with zero attached hydrogens (tertiary/aromatic N) is 1. The van der Waals surface area contributed by atoms with Crippen LogP contribution in [0.1, 0.15) is 27.3 Å².